The van der Waals surface area contributed by atoms with Gasteiger partial charge in [0.2, 0.25) is 5.91 Å². The van der Waals surface area contributed by atoms with Crippen molar-refractivity contribution in [3.05, 3.63) is 40.6 Å². The highest BCUT2D eigenvalue weighted by Gasteiger charge is 2.23. The lowest BCUT2D eigenvalue weighted by atomic mass is 10.1. The molecule has 3 rings (SSSR count). The minimum atomic E-state index is -0.400. The fraction of sp³-hybridized carbons (Fsp3) is 0.412. The summed E-state index contributed by atoms with van der Waals surface area (Å²) in [5.74, 6) is 0.197. The Morgan fingerprint density at radius 3 is 2.96 bits per heavy atom. The molecule has 0 aliphatic carbocycles. The molecule has 7 heteroatoms. The zero-order valence-corrected chi connectivity index (χ0v) is 13.6. The van der Waals surface area contributed by atoms with E-state index in [1.807, 2.05) is 11.8 Å². The molecule has 1 amide bonds. The highest BCUT2D eigenvalue weighted by molar-refractivity contribution is 5.96. The van der Waals surface area contributed by atoms with E-state index in [4.69, 9.17) is 0 Å². The number of non-ortho nitro benzene ring substituents is 1. The van der Waals surface area contributed by atoms with E-state index in [-0.39, 0.29) is 17.6 Å². The van der Waals surface area contributed by atoms with Gasteiger partial charge in [-0.25, -0.2) is 0 Å². The molecule has 0 saturated carbocycles. The summed E-state index contributed by atoms with van der Waals surface area (Å²) in [6, 6.07) is 6.62. The Bertz CT molecular complexity index is 778. The molecule has 1 aliphatic heterocycles. The molecule has 1 saturated heterocycles. The largest absolute Gasteiger partial charge is 0.381 e. The van der Waals surface area contributed by atoms with Crippen LogP contribution in [0.4, 0.5) is 11.4 Å². The standard InChI is InChI=1S/C17H20N4O3/c1-12(20-10-3-2-6-16(20)22)11-19-14-7-8-15(21(23)24)13-5-4-9-18-17(13)14/h4-5,7-9,12,19H,2-3,6,10-11H2,1H3. The second kappa shape index (κ2) is 6.82. The van der Waals surface area contributed by atoms with Crippen LogP contribution in [0, 0.1) is 10.1 Å². The number of amides is 1. The first-order valence-electron chi connectivity index (χ1n) is 8.13. The lowest BCUT2D eigenvalue weighted by Crippen LogP contribution is -2.44. The van der Waals surface area contributed by atoms with Crippen molar-refractivity contribution >= 4 is 28.2 Å². The average Bonchev–Trinajstić information content (AvgIpc) is 2.59. The molecule has 1 N–H and O–H groups in total. The lowest BCUT2D eigenvalue weighted by molar-refractivity contribution is -0.383. The van der Waals surface area contributed by atoms with Crippen LogP contribution in [0.25, 0.3) is 10.9 Å². The van der Waals surface area contributed by atoms with E-state index in [2.05, 4.69) is 10.3 Å². The number of pyridine rings is 1. The van der Waals surface area contributed by atoms with Crippen LogP contribution in [-0.4, -0.2) is 39.8 Å². The number of likely N-dealkylation sites (tertiary alicyclic amines) is 1. The molecule has 1 aliphatic rings. The predicted molar refractivity (Wildman–Crippen MR) is 91.9 cm³/mol. The third-order valence-corrected chi connectivity index (χ3v) is 4.42. The first-order chi connectivity index (χ1) is 11.6. The first-order valence-corrected chi connectivity index (χ1v) is 8.13. The lowest BCUT2D eigenvalue weighted by Gasteiger charge is -2.32. The number of anilines is 1. The van der Waals surface area contributed by atoms with Crippen molar-refractivity contribution in [1.82, 2.24) is 9.88 Å². The molecule has 2 aromatic rings. The van der Waals surface area contributed by atoms with Gasteiger partial charge >= 0.3 is 0 Å². The number of benzene rings is 1. The number of nitrogens with one attached hydrogen (secondary N) is 1. The van der Waals surface area contributed by atoms with Crippen molar-refractivity contribution in [2.24, 2.45) is 0 Å². The van der Waals surface area contributed by atoms with Crippen molar-refractivity contribution in [3.63, 3.8) is 0 Å². The number of rotatable bonds is 5. The van der Waals surface area contributed by atoms with Gasteiger partial charge in [0.25, 0.3) is 5.69 Å². The number of piperidine rings is 1. The van der Waals surface area contributed by atoms with Gasteiger partial charge in [-0.05, 0) is 38.0 Å². The molecular weight excluding hydrogens is 308 g/mol. The number of nitrogens with zero attached hydrogens (tertiary/aromatic N) is 3. The Labute approximate surface area is 139 Å². The molecule has 126 valence electrons. The zero-order valence-electron chi connectivity index (χ0n) is 13.6. The number of hydrogen-bond donors (Lipinski definition) is 1. The highest BCUT2D eigenvalue weighted by atomic mass is 16.6. The van der Waals surface area contributed by atoms with E-state index < -0.39 is 4.92 Å². The molecule has 1 fully saturated rings. The Balaban J connectivity index is 1.79. The summed E-state index contributed by atoms with van der Waals surface area (Å²) in [6.45, 7) is 3.38. The molecular formula is C17H20N4O3. The van der Waals surface area contributed by atoms with E-state index in [0.29, 0.717) is 23.9 Å². The van der Waals surface area contributed by atoms with Gasteiger partial charge in [-0.3, -0.25) is 19.9 Å². The normalized spacial score (nSPS) is 16.2. The second-order valence-electron chi connectivity index (χ2n) is 6.06. The van der Waals surface area contributed by atoms with Gasteiger partial charge in [0.1, 0.15) is 5.52 Å². The van der Waals surface area contributed by atoms with Crippen LogP contribution in [0.1, 0.15) is 26.2 Å². The van der Waals surface area contributed by atoms with Gasteiger partial charge in [0.05, 0.1) is 16.0 Å². The molecule has 1 aromatic heterocycles. The van der Waals surface area contributed by atoms with Crippen LogP contribution in [0.2, 0.25) is 0 Å². The number of fused-ring (bicyclic) bond motifs is 1. The Morgan fingerprint density at radius 2 is 2.21 bits per heavy atom. The summed E-state index contributed by atoms with van der Waals surface area (Å²) in [5, 5.41) is 14.9. The maximum absolute atomic E-state index is 12.0. The molecule has 2 heterocycles. The van der Waals surface area contributed by atoms with E-state index in [1.54, 1.807) is 24.4 Å². The molecule has 7 nitrogen and oxygen atoms in total. The van der Waals surface area contributed by atoms with Crippen LogP contribution in [-0.2, 0) is 4.79 Å². The number of carbonyl (C=O) groups excluding carboxylic acids is 1. The van der Waals surface area contributed by atoms with E-state index in [9.17, 15) is 14.9 Å². The average molecular weight is 328 g/mol. The Hall–Kier alpha value is -2.70. The topological polar surface area (TPSA) is 88.4 Å². The van der Waals surface area contributed by atoms with Crippen molar-refractivity contribution in [1.29, 1.82) is 0 Å². The summed E-state index contributed by atoms with van der Waals surface area (Å²) in [6.07, 6.45) is 4.24. The fourth-order valence-corrected chi connectivity index (χ4v) is 3.12. The number of nitro groups is 1. The van der Waals surface area contributed by atoms with Crippen LogP contribution < -0.4 is 5.32 Å². The van der Waals surface area contributed by atoms with Gasteiger partial charge in [0.15, 0.2) is 0 Å². The maximum atomic E-state index is 12.0. The monoisotopic (exact) mass is 328 g/mol. The predicted octanol–water partition coefficient (Wildman–Crippen LogP) is 2.96. The molecule has 1 aromatic carbocycles. The number of carbonyl (C=O) groups is 1. The van der Waals surface area contributed by atoms with Crippen LogP contribution in [0.3, 0.4) is 0 Å². The number of aromatic nitrogens is 1. The van der Waals surface area contributed by atoms with Crippen LogP contribution in [0.15, 0.2) is 30.5 Å². The number of nitro benzene ring substituents is 1. The molecule has 1 unspecified atom stereocenters. The summed E-state index contributed by atoms with van der Waals surface area (Å²) >= 11 is 0. The molecule has 0 radical (unpaired) electrons. The minimum absolute atomic E-state index is 0.0444. The minimum Gasteiger partial charge on any atom is -0.381 e. The maximum Gasteiger partial charge on any atom is 0.278 e. The zero-order chi connectivity index (χ0) is 17.1. The summed E-state index contributed by atoms with van der Waals surface area (Å²) in [5.41, 5.74) is 1.36. The van der Waals surface area contributed by atoms with Gasteiger partial charge in [0, 0.05) is 37.8 Å². The van der Waals surface area contributed by atoms with E-state index in [0.717, 1.165) is 25.1 Å². The fourth-order valence-electron chi connectivity index (χ4n) is 3.12. The second-order valence-corrected chi connectivity index (χ2v) is 6.06. The summed E-state index contributed by atoms with van der Waals surface area (Å²) in [4.78, 5) is 28.9. The van der Waals surface area contributed by atoms with Crippen molar-refractivity contribution in [2.45, 2.75) is 32.2 Å². The molecule has 24 heavy (non-hydrogen) atoms. The van der Waals surface area contributed by atoms with E-state index >= 15 is 0 Å². The Kier molecular flexibility index (Phi) is 4.59. The van der Waals surface area contributed by atoms with Crippen molar-refractivity contribution < 1.29 is 9.72 Å². The van der Waals surface area contributed by atoms with E-state index in [1.165, 1.54) is 6.07 Å². The van der Waals surface area contributed by atoms with Crippen LogP contribution >= 0.6 is 0 Å². The first kappa shape index (κ1) is 16.2. The third-order valence-electron chi connectivity index (χ3n) is 4.42. The smallest absolute Gasteiger partial charge is 0.278 e. The SMILES string of the molecule is CC(CNc1ccc([N+](=O)[O-])c2cccnc12)N1CCCCC1=O. The van der Waals surface area contributed by atoms with Gasteiger partial charge in [-0.1, -0.05) is 0 Å². The van der Waals surface area contributed by atoms with Crippen molar-refractivity contribution in [2.75, 3.05) is 18.4 Å². The Morgan fingerprint density at radius 1 is 1.38 bits per heavy atom. The molecule has 1 atom stereocenters. The van der Waals surface area contributed by atoms with Gasteiger partial charge < -0.3 is 10.2 Å². The van der Waals surface area contributed by atoms with Crippen molar-refractivity contribution in [3.8, 4) is 0 Å². The molecule has 0 bridgehead atoms. The summed E-state index contributed by atoms with van der Waals surface area (Å²) < 4.78 is 0. The quantitative estimate of drug-likeness (QED) is 0.673. The van der Waals surface area contributed by atoms with Gasteiger partial charge in [-0.15, -0.1) is 0 Å². The summed E-state index contributed by atoms with van der Waals surface area (Å²) in [7, 11) is 0. The van der Waals surface area contributed by atoms with Gasteiger partial charge in [-0.2, -0.15) is 0 Å². The number of hydrogen-bond acceptors (Lipinski definition) is 5. The highest BCUT2D eigenvalue weighted by Crippen LogP contribution is 2.29. The third kappa shape index (κ3) is 3.15. The van der Waals surface area contributed by atoms with Crippen LogP contribution in [0.5, 0.6) is 0 Å². The molecule has 0 spiro atoms.